The zero-order chi connectivity index (χ0) is 24.1. The average Bonchev–Trinajstić information content (AvgIpc) is 3.28. The van der Waals surface area contributed by atoms with E-state index in [0.29, 0.717) is 12.2 Å². The summed E-state index contributed by atoms with van der Waals surface area (Å²) in [6.07, 6.45) is 1.89. The fourth-order valence-corrected chi connectivity index (χ4v) is 4.87. The second-order valence-electron chi connectivity index (χ2n) is 7.92. The van der Waals surface area contributed by atoms with Crippen LogP contribution in [0.5, 0.6) is 0 Å². The molecular formula is C27H24N2O4S. The van der Waals surface area contributed by atoms with Gasteiger partial charge in [-0.1, -0.05) is 48.5 Å². The molecule has 0 fully saturated rings. The summed E-state index contributed by atoms with van der Waals surface area (Å²) in [6.45, 7) is 2.03. The number of carbonyl (C=O) groups is 3. The van der Waals surface area contributed by atoms with E-state index in [1.165, 1.54) is 24.2 Å². The second kappa shape index (κ2) is 10.4. The third-order valence-corrected chi connectivity index (χ3v) is 6.79. The van der Waals surface area contributed by atoms with Crippen molar-refractivity contribution in [2.45, 2.75) is 23.5 Å². The van der Waals surface area contributed by atoms with Crippen LogP contribution in [0.1, 0.15) is 23.3 Å². The van der Waals surface area contributed by atoms with Crippen LogP contribution in [0.4, 0.5) is 11.4 Å². The van der Waals surface area contributed by atoms with Crippen molar-refractivity contribution in [3.63, 3.8) is 0 Å². The highest BCUT2D eigenvalue weighted by Gasteiger charge is 2.31. The van der Waals surface area contributed by atoms with Crippen molar-refractivity contribution in [1.29, 1.82) is 0 Å². The summed E-state index contributed by atoms with van der Waals surface area (Å²) in [7, 11) is 0. The third kappa shape index (κ3) is 5.38. The van der Waals surface area contributed by atoms with E-state index >= 15 is 0 Å². The molecule has 3 aromatic carbocycles. The molecule has 4 rings (SSSR count). The van der Waals surface area contributed by atoms with Gasteiger partial charge in [-0.2, -0.15) is 0 Å². The maximum atomic E-state index is 13.7. The van der Waals surface area contributed by atoms with Gasteiger partial charge in [0.2, 0.25) is 11.8 Å². The SMILES string of the molecule is C/C(=C\C(=O)Nc1ccc(S[C@H](C(=O)N2CCc3ccccc32)c2ccccc2)cc1)C(=O)O. The number of benzene rings is 3. The van der Waals surface area contributed by atoms with Gasteiger partial charge in [0.05, 0.1) is 0 Å². The van der Waals surface area contributed by atoms with E-state index in [-0.39, 0.29) is 11.5 Å². The number of amides is 2. The zero-order valence-electron chi connectivity index (χ0n) is 18.6. The van der Waals surface area contributed by atoms with Crippen LogP contribution in [0.25, 0.3) is 0 Å². The number of rotatable bonds is 7. The predicted octanol–water partition coefficient (Wildman–Crippen LogP) is 5.08. The van der Waals surface area contributed by atoms with Gasteiger partial charge in [-0.15, -0.1) is 11.8 Å². The van der Waals surface area contributed by atoms with Gasteiger partial charge in [0.25, 0.3) is 0 Å². The summed E-state index contributed by atoms with van der Waals surface area (Å²) >= 11 is 1.46. The van der Waals surface area contributed by atoms with Crippen LogP contribution in [0.2, 0.25) is 0 Å². The molecule has 0 unspecified atom stereocenters. The van der Waals surface area contributed by atoms with Crippen molar-refractivity contribution in [3.8, 4) is 0 Å². The fraction of sp³-hybridized carbons (Fsp3) is 0.148. The Labute approximate surface area is 202 Å². The molecule has 0 bridgehead atoms. The van der Waals surface area contributed by atoms with Gasteiger partial charge >= 0.3 is 5.97 Å². The lowest BCUT2D eigenvalue weighted by Gasteiger charge is -2.24. The van der Waals surface area contributed by atoms with E-state index in [4.69, 9.17) is 5.11 Å². The molecule has 1 aliphatic heterocycles. The smallest absolute Gasteiger partial charge is 0.331 e. The molecule has 6 nitrogen and oxygen atoms in total. The lowest BCUT2D eigenvalue weighted by atomic mass is 10.1. The summed E-state index contributed by atoms with van der Waals surface area (Å²) in [5.41, 5.74) is 3.57. The maximum Gasteiger partial charge on any atom is 0.331 e. The number of hydrogen-bond donors (Lipinski definition) is 2. The fourth-order valence-electron chi connectivity index (χ4n) is 3.79. The van der Waals surface area contributed by atoms with Crippen LogP contribution in [-0.2, 0) is 20.8 Å². The van der Waals surface area contributed by atoms with E-state index in [0.717, 1.165) is 28.6 Å². The summed E-state index contributed by atoms with van der Waals surface area (Å²) in [6, 6.07) is 24.9. The van der Waals surface area contributed by atoms with Gasteiger partial charge in [0.15, 0.2) is 0 Å². The first-order valence-corrected chi connectivity index (χ1v) is 11.7. The minimum atomic E-state index is -1.14. The maximum absolute atomic E-state index is 13.7. The molecule has 2 N–H and O–H groups in total. The molecule has 1 aliphatic rings. The van der Waals surface area contributed by atoms with Crippen molar-refractivity contribution in [3.05, 3.63) is 102 Å². The molecule has 0 saturated heterocycles. The molecule has 7 heteroatoms. The van der Waals surface area contributed by atoms with Crippen LogP contribution >= 0.6 is 11.8 Å². The summed E-state index contributed by atoms with van der Waals surface area (Å²) in [4.78, 5) is 39.3. The third-order valence-electron chi connectivity index (χ3n) is 5.54. The molecule has 0 aliphatic carbocycles. The Hall–Kier alpha value is -3.84. The number of nitrogens with zero attached hydrogens (tertiary/aromatic N) is 1. The molecule has 1 heterocycles. The quantitative estimate of drug-likeness (QED) is 0.370. The molecule has 1 atom stereocenters. The first-order chi connectivity index (χ1) is 16.4. The summed E-state index contributed by atoms with van der Waals surface area (Å²) in [5.74, 6) is -1.61. The van der Waals surface area contributed by atoms with Crippen molar-refractivity contribution >= 4 is 40.9 Å². The average molecular weight is 473 g/mol. The number of aliphatic carboxylic acids is 1. The molecule has 0 saturated carbocycles. The number of carbonyl (C=O) groups excluding carboxylic acids is 2. The lowest BCUT2D eigenvalue weighted by molar-refractivity contribution is -0.132. The molecule has 0 spiro atoms. The number of carboxylic acid groups (broad SMARTS) is 1. The first-order valence-electron chi connectivity index (χ1n) is 10.9. The van der Waals surface area contributed by atoms with Gasteiger partial charge in [0.1, 0.15) is 5.25 Å². The number of anilines is 2. The molecule has 2 amide bonds. The van der Waals surface area contributed by atoms with Crippen molar-refractivity contribution < 1.29 is 19.5 Å². The van der Waals surface area contributed by atoms with Crippen molar-refractivity contribution in [2.75, 3.05) is 16.8 Å². The largest absolute Gasteiger partial charge is 0.478 e. The lowest BCUT2D eigenvalue weighted by Crippen LogP contribution is -2.32. The number of para-hydroxylation sites is 1. The molecule has 34 heavy (non-hydrogen) atoms. The molecule has 3 aromatic rings. The van der Waals surface area contributed by atoms with E-state index < -0.39 is 17.1 Å². The van der Waals surface area contributed by atoms with Gasteiger partial charge in [-0.05, 0) is 54.8 Å². The molecule has 0 aromatic heterocycles. The Balaban J connectivity index is 1.53. The Morgan fingerprint density at radius 2 is 1.65 bits per heavy atom. The van der Waals surface area contributed by atoms with Crippen molar-refractivity contribution in [2.24, 2.45) is 0 Å². The van der Waals surface area contributed by atoms with Gasteiger partial charge in [0, 0.05) is 34.5 Å². The summed E-state index contributed by atoms with van der Waals surface area (Å²) < 4.78 is 0. The van der Waals surface area contributed by atoms with Gasteiger partial charge in [-0.3, -0.25) is 9.59 Å². The van der Waals surface area contributed by atoms with Crippen LogP contribution < -0.4 is 10.2 Å². The Kier molecular flexibility index (Phi) is 7.13. The van der Waals surface area contributed by atoms with Crippen LogP contribution in [-0.4, -0.2) is 29.4 Å². The minimum absolute atomic E-state index is 0.0350. The predicted molar refractivity (Wildman–Crippen MR) is 134 cm³/mol. The molecule has 0 radical (unpaired) electrons. The normalized spacial score (nSPS) is 13.8. The summed E-state index contributed by atoms with van der Waals surface area (Å²) in [5, 5.41) is 11.1. The molecular weight excluding hydrogens is 448 g/mol. The minimum Gasteiger partial charge on any atom is -0.478 e. The van der Waals surface area contributed by atoms with E-state index in [9.17, 15) is 14.4 Å². The first kappa shape index (κ1) is 23.3. The van der Waals surface area contributed by atoms with E-state index in [1.807, 2.05) is 65.6 Å². The van der Waals surface area contributed by atoms with Gasteiger partial charge in [-0.25, -0.2) is 4.79 Å². The standard InChI is InChI=1S/C27H24N2O4S/c1-18(27(32)33)17-24(30)28-21-11-13-22(14-12-21)34-25(20-8-3-2-4-9-20)26(31)29-16-15-19-7-5-6-10-23(19)29/h2-14,17,25H,15-16H2,1H3,(H,28,30)(H,32,33)/b18-17+/t25-/m0/s1. The van der Waals surface area contributed by atoms with Crippen LogP contribution in [0, 0.1) is 0 Å². The monoisotopic (exact) mass is 472 g/mol. The highest BCUT2D eigenvalue weighted by atomic mass is 32.2. The highest BCUT2D eigenvalue weighted by molar-refractivity contribution is 8.00. The molecule has 172 valence electrons. The zero-order valence-corrected chi connectivity index (χ0v) is 19.4. The van der Waals surface area contributed by atoms with Gasteiger partial charge < -0.3 is 15.3 Å². The Bertz CT molecular complexity index is 1240. The Morgan fingerprint density at radius 3 is 2.35 bits per heavy atom. The second-order valence-corrected chi connectivity index (χ2v) is 9.10. The number of nitrogens with one attached hydrogen (secondary N) is 1. The van der Waals surface area contributed by atoms with Crippen molar-refractivity contribution in [1.82, 2.24) is 0 Å². The van der Waals surface area contributed by atoms with E-state index in [1.54, 1.807) is 12.1 Å². The van der Waals surface area contributed by atoms with E-state index in [2.05, 4.69) is 11.4 Å². The Morgan fingerprint density at radius 1 is 0.971 bits per heavy atom. The number of hydrogen-bond acceptors (Lipinski definition) is 4. The van der Waals surface area contributed by atoms with Crippen LogP contribution in [0.15, 0.2) is 95.4 Å². The number of thioether (sulfide) groups is 1. The number of carboxylic acids is 1. The highest BCUT2D eigenvalue weighted by Crippen LogP contribution is 2.40. The topological polar surface area (TPSA) is 86.7 Å². The van der Waals surface area contributed by atoms with Crippen LogP contribution in [0.3, 0.4) is 0 Å². The number of fused-ring (bicyclic) bond motifs is 1.